The fourth-order valence-corrected chi connectivity index (χ4v) is 3.24. The van der Waals surface area contributed by atoms with Crippen molar-refractivity contribution in [1.82, 2.24) is 14.5 Å². The van der Waals surface area contributed by atoms with Gasteiger partial charge in [0.05, 0.1) is 23.2 Å². The van der Waals surface area contributed by atoms with E-state index in [1.807, 2.05) is 29.7 Å². The van der Waals surface area contributed by atoms with Gasteiger partial charge in [-0.2, -0.15) is 0 Å². The number of hydrogen-bond acceptors (Lipinski definition) is 5. The molecule has 0 saturated carbocycles. The van der Waals surface area contributed by atoms with Gasteiger partial charge in [0, 0.05) is 18.2 Å². The third kappa shape index (κ3) is 3.48. The molecule has 1 aromatic carbocycles. The first-order chi connectivity index (χ1) is 12.2. The van der Waals surface area contributed by atoms with Gasteiger partial charge in [-0.1, -0.05) is 19.1 Å². The van der Waals surface area contributed by atoms with Crippen LogP contribution in [-0.2, 0) is 24.2 Å². The van der Waals surface area contributed by atoms with Crippen molar-refractivity contribution in [1.29, 1.82) is 0 Å². The number of imidazole rings is 1. The molecule has 0 saturated heterocycles. The van der Waals surface area contributed by atoms with Gasteiger partial charge in [0.2, 0.25) is 0 Å². The molecular formula is C19H24N4O3. The van der Waals surface area contributed by atoms with Gasteiger partial charge in [0.1, 0.15) is 11.3 Å². The van der Waals surface area contributed by atoms with E-state index < -0.39 is 11.6 Å². The van der Waals surface area contributed by atoms with Crippen molar-refractivity contribution < 1.29 is 15.0 Å². The molecule has 0 bridgehead atoms. The molecule has 0 unspecified atom stereocenters. The Morgan fingerprint density at radius 3 is 2.65 bits per heavy atom. The third-order valence-corrected chi connectivity index (χ3v) is 4.34. The summed E-state index contributed by atoms with van der Waals surface area (Å²) in [6.45, 7) is 5.92. The zero-order valence-corrected chi connectivity index (χ0v) is 15.3. The highest BCUT2D eigenvalue weighted by Gasteiger charge is 2.21. The average molecular weight is 356 g/mol. The summed E-state index contributed by atoms with van der Waals surface area (Å²) in [4.78, 5) is 19.9. The van der Waals surface area contributed by atoms with Crippen LogP contribution in [0.2, 0.25) is 0 Å². The Kier molecular flexibility index (Phi) is 4.58. The number of pyridine rings is 1. The van der Waals surface area contributed by atoms with E-state index in [9.17, 15) is 9.90 Å². The first-order valence-corrected chi connectivity index (χ1v) is 8.71. The van der Waals surface area contributed by atoms with Crippen LogP contribution in [0.3, 0.4) is 0 Å². The Morgan fingerprint density at radius 1 is 1.31 bits per heavy atom. The number of nitrogen functional groups attached to an aromatic ring is 1. The van der Waals surface area contributed by atoms with Crippen LogP contribution in [-0.4, -0.2) is 36.3 Å². The van der Waals surface area contributed by atoms with Gasteiger partial charge < -0.3 is 20.5 Å². The number of nitrogens with zero attached hydrogens (tertiary/aromatic N) is 3. The number of carbonyl (C=O) groups is 1. The molecule has 0 radical (unpaired) electrons. The molecule has 7 nitrogen and oxygen atoms in total. The molecule has 0 fully saturated rings. The minimum Gasteiger partial charge on any atom is -0.481 e. The summed E-state index contributed by atoms with van der Waals surface area (Å²) in [7, 11) is 0. The Morgan fingerprint density at radius 2 is 2.04 bits per heavy atom. The van der Waals surface area contributed by atoms with Gasteiger partial charge in [-0.15, -0.1) is 0 Å². The van der Waals surface area contributed by atoms with Gasteiger partial charge in [0.15, 0.2) is 5.82 Å². The van der Waals surface area contributed by atoms with Crippen LogP contribution < -0.4 is 5.73 Å². The molecule has 4 N–H and O–H groups in total. The van der Waals surface area contributed by atoms with Crippen LogP contribution >= 0.6 is 0 Å². The summed E-state index contributed by atoms with van der Waals surface area (Å²) < 4.78 is 2.01. The van der Waals surface area contributed by atoms with E-state index in [-0.39, 0.29) is 6.42 Å². The number of aliphatic hydroxyl groups is 1. The second-order valence-corrected chi connectivity index (χ2v) is 7.22. The Labute approximate surface area is 151 Å². The van der Waals surface area contributed by atoms with Crippen molar-refractivity contribution in [2.75, 3.05) is 5.73 Å². The predicted octanol–water partition coefficient (Wildman–Crippen LogP) is 2.52. The molecule has 138 valence electrons. The molecule has 3 aromatic rings. The number of hydrogen-bond donors (Lipinski definition) is 3. The monoisotopic (exact) mass is 356 g/mol. The summed E-state index contributed by atoms with van der Waals surface area (Å²) in [6, 6.07) is 5.72. The molecule has 2 aromatic heterocycles. The first-order valence-electron chi connectivity index (χ1n) is 8.71. The number of carboxylic acids is 1. The second kappa shape index (κ2) is 6.57. The van der Waals surface area contributed by atoms with E-state index in [1.165, 1.54) is 0 Å². The van der Waals surface area contributed by atoms with E-state index >= 15 is 0 Å². The van der Waals surface area contributed by atoms with Crippen LogP contribution in [0, 0.1) is 0 Å². The zero-order chi connectivity index (χ0) is 19.1. The standard InChI is InChI=1S/C19H24N4O3/c1-4-14-22-16-17(23(14)10-19(2,3)26)12-7-5-11(6-8-15(24)25)9-13(12)21-18(16)20/h5,7,9,26H,4,6,8,10H2,1-3H3,(H2,20,21)(H,24,25). The van der Waals surface area contributed by atoms with E-state index in [4.69, 9.17) is 10.8 Å². The van der Waals surface area contributed by atoms with Crippen molar-refractivity contribution in [3.05, 3.63) is 29.6 Å². The highest BCUT2D eigenvalue weighted by atomic mass is 16.4. The topological polar surface area (TPSA) is 114 Å². The van der Waals surface area contributed by atoms with E-state index in [0.29, 0.717) is 36.2 Å². The SMILES string of the molecule is CCc1nc2c(N)nc3cc(CCC(=O)O)ccc3c2n1CC(C)(C)O. The van der Waals surface area contributed by atoms with Crippen molar-refractivity contribution in [2.45, 2.75) is 52.2 Å². The van der Waals surface area contributed by atoms with E-state index in [1.54, 1.807) is 13.8 Å². The lowest BCUT2D eigenvalue weighted by molar-refractivity contribution is -0.136. The number of aryl methyl sites for hydroxylation is 2. The van der Waals surface area contributed by atoms with Gasteiger partial charge in [-0.05, 0) is 31.9 Å². The fourth-order valence-electron chi connectivity index (χ4n) is 3.24. The lowest BCUT2D eigenvalue weighted by Crippen LogP contribution is -2.27. The Hall–Kier alpha value is -2.67. The first kappa shape index (κ1) is 18.1. The molecule has 0 aliphatic rings. The molecule has 0 aliphatic carbocycles. The number of benzene rings is 1. The number of rotatable bonds is 6. The Bertz CT molecular complexity index is 986. The third-order valence-electron chi connectivity index (χ3n) is 4.34. The molecule has 3 rings (SSSR count). The minimum atomic E-state index is -0.899. The average Bonchev–Trinajstić information content (AvgIpc) is 2.90. The van der Waals surface area contributed by atoms with Gasteiger partial charge in [-0.25, -0.2) is 9.97 Å². The van der Waals surface area contributed by atoms with E-state index in [0.717, 1.165) is 22.3 Å². The summed E-state index contributed by atoms with van der Waals surface area (Å²) in [5.74, 6) is 0.356. The van der Waals surface area contributed by atoms with Gasteiger partial charge in [0.25, 0.3) is 0 Å². The van der Waals surface area contributed by atoms with Crippen LogP contribution in [0.4, 0.5) is 5.82 Å². The smallest absolute Gasteiger partial charge is 0.303 e. The molecule has 0 amide bonds. The number of fused-ring (bicyclic) bond motifs is 3. The van der Waals surface area contributed by atoms with E-state index in [2.05, 4.69) is 9.97 Å². The molecule has 0 atom stereocenters. The highest BCUT2D eigenvalue weighted by Crippen LogP contribution is 2.30. The molecule has 7 heteroatoms. The fraction of sp³-hybridized carbons (Fsp3) is 0.421. The summed E-state index contributed by atoms with van der Waals surface area (Å²) in [6.07, 6.45) is 1.22. The molecular weight excluding hydrogens is 332 g/mol. The molecule has 26 heavy (non-hydrogen) atoms. The van der Waals surface area contributed by atoms with Crippen molar-refractivity contribution in [3.8, 4) is 0 Å². The number of aliphatic carboxylic acids is 1. The largest absolute Gasteiger partial charge is 0.481 e. The molecule has 0 aliphatic heterocycles. The number of anilines is 1. The zero-order valence-electron chi connectivity index (χ0n) is 15.3. The Balaban J connectivity index is 2.23. The number of aromatic nitrogens is 3. The summed E-state index contributed by atoms with van der Waals surface area (Å²) in [5, 5.41) is 20.1. The molecule has 0 spiro atoms. The van der Waals surface area contributed by atoms with Crippen LogP contribution in [0.15, 0.2) is 18.2 Å². The summed E-state index contributed by atoms with van der Waals surface area (Å²) >= 11 is 0. The normalized spacial score (nSPS) is 12.2. The lowest BCUT2D eigenvalue weighted by Gasteiger charge is -2.20. The maximum Gasteiger partial charge on any atom is 0.303 e. The lowest BCUT2D eigenvalue weighted by atomic mass is 10.1. The van der Waals surface area contributed by atoms with Crippen molar-refractivity contribution >= 4 is 33.7 Å². The van der Waals surface area contributed by atoms with Crippen LogP contribution in [0.5, 0.6) is 0 Å². The van der Waals surface area contributed by atoms with Crippen LogP contribution in [0.25, 0.3) is 21.9 Å². The van der Waals surface area contributed by atoms with Gasteiger partial charge >= 0.3 is 5.97 Å². The van der Waals surface area contributed by atoms with Gasteiger partial charge in [-0.3, -0.25) is 4.79 Å². The number of carboxylic acid groups (broad SMARTS) is 1. The van der Waals surface area contributed by atoms with Crippen LogP contribution in [0.1, 0.15) is 38.6 Å². The molecule has 2 heterocycles. The highest BCUT2D eigenvalue weighted by molar-refractivity contribution is 6.06. The predicted molar refractivity (Wildman–Crippen MR) is 101 cm³/mol. The van der Waals surface area contributed by atoms with Crippen molar-refractivity contribution in [2.24, 2.45) is 0 Å². The quantitative estimate of drug-likeness (QED) is 0.625. The summed E-state index contributed by atoms with van der Waals surface area (Å²) in [5.41, 5.74) is 8.35. The minimum absolute atomic E-state index is 0.0693. The maximum atomic E-state index is 10.8. The maximum absolute atomic E-state index is 10.8. The second-order valence-electron chi connectivity index (χ2n) is 7.22. The van der Waals surface area contributed by atoms with Crippen molar-refractivity contribution in [3.63, 3.8) is 0 Å². The number of nitrogens with two attached hydrogens (primary N) is 1.